The highest BCUT2D eigenvalue weighted by Gasteiger charge is 2.34. The molecule has 1 aliphatic rings. The fourth-order valence-corrected chi connectivity index (χ4v) is 2.57. The third kappa shape index (κ3) is 5.38. The van der Waals surface area contributed by atoms with Gasteiger partial charge in [-0.05, 0) is 31.1 Å². The van der Waals surface area contributed by atoms with Gasteiger partial charge in [-0.1, -0.05) is 46.5 Å². The van der Waals surface area contributed by atoms with E-state index in [2.05, 4.69) is 26.1 Å². The standard InChI is InChI=1S/C15H30N2O/c1-14(2,3)9-7-8-12-17-13(18)15(16)10-5-4-6-11-15/h4-12,16H2,1-3H3,(H,17,18). The topological polar surface area (TPSA) is 55.1 Å². The fraction of sp³-hybridized carbons (Fsp3) is 0.933. The second-order valence-electron chi connectivity index (χ2n) is 6.99. The molecular formula is C15H30N2O. The van der Waals surface area contributed by atoms with Crippen LogP contribution < -0.4 is 11.1 Å². The fourth-order valence-electron chi connectivity index (χ4n) is 2.57. The van der Waals surface area contributed by atoms with Crippen molar-refractivity contribution in [3.8, 4) is 0 Å². The number of amides is 1. The van der Waals surface area contributed by atoms with Gasteiger partial charge >= 0.3 is 0 Å². The minimum atomic E-state index is -0.581. The van der Waals surface area contributed by atoms with Crippen molar-refractivity contribution < 1.29 is 4.79 Å². The molecule has 3 nitrogen and oxygen atoms in total. The number of carbonyl (C=O) groups is 1. The summed E-state index contributed by atoms with van der Waals surface area (Å²) < 4.78 is 0. The van der Waals surface area contributed by atoms with Crippen LogP contribution in [-0.2, 0) is 4.79 Å². The molecule has 0 atom stereocenters. The first-order valence-corrected chi connectivity index (χ1v) is 7.41. The highest BCUT2D eigenvalue weighted by atomic mass is 16.2. The molecule has 0 spiro atoms. The van der Waals surface area contributed by atoms with E-state index in [0.29, 0.717) is 5.41 Å². The van der Waals surface area contributed by atoms with E-state index in [1.54, 1.807) is 0 Å². The first-order valence-electron chi connectivity index (χ1n) is 7.41. The second-order valence-corrected chi connectivity index (χ2v) is 6.99. The van der Waals surface area contributed by atoms with Gasteiger partial charge in [0.2, 0.25) is 5.91 Å². The largest absolute Gasteiger partial charge is 0.355 e. The van der Waals surface area contributed by atoms with E-state index in [1.165, 1.54) is 19.3 Å². The van der Waals surface area contributed by atoms with Crippen molar-refractivity contribution in [2.45, 2.75) is 77.7 Å². The maximum absolute atomic E-state index is 12.0. The molecule has 106 valence electrons. The molecule has 0 heterocycles. The average Bonchev–Trinajstić information content (AvgIpc) is 2.27. The van der Waals surface area contributed by atoms with Crippen LogP contribution >= 0.6 is 0 Å². The molecule has 0 saturated heterocycles. The van der Waals surface area contributed by atoms with Crippen molar-refractivity contribution in [2.75, 3.05) is 6.54 Å². The van der Waals surface area contributed by atoms with Gasteiger partial charge in [0.05, 0.1) is 5.54 Å². The van der Waals surface area contributed by atoms with E-state index in [9.17, 15) is 4.79 Å². The van der Waals surface area contributed by atoms with Gasteiger partial charge in [0.25, 0.3) is 0 Å². The second kappa shape index (κ2) is 6.55. The summed E-state index contributed by atoms with van der Waals surface area (Å²) in [6, 6.07) is 0. The predicted octanol–water partition coefficient (Wildman–Crippen LogP) is 2.98. The first-order chi connectivity index (χ1) is 8.33. The Morgan fingerprint density at radius 2 is 1.78 bits per heavy atom. The molecule has 18 heavy (non-hydrogen) atoms. The van der Waals surface area contributed by atoms with Crippen molar-refractivity contribution in [1.82, 2.24) is 5.32 Å². The molecule has 1 fully saturated rings. The Morgan fingerprint density at radius 3 is 2.33 bits per heavy atom. The van der Waals surface area contributed by atoms with Gasteiger partial charge in [0, 0.05) is 6.54 Å². The number of carbonyl (C=O) groups excluding carboxylic acids is 1. The van der Waals surface area contributed by atoms with Crippen molar-refractivity contribution >= 4 is 5.91 Å². The predicted molar refractivity (Wildman–Crippen MR) is 76.3 cm³/mol. The zero-order valence-electron chi connectivity index (χ0n) is 12.3. The highest BCUT2D eigenvalue weighted by molar-refractivity contribution is 5.86. The Kier molecular flexibility index (Phi) is 5.64. The normalized spacial score (nSPS) is 19.6. The third-order valence-corrected chi connectivity index (χ3v) is 3.84. The van der Waals surface area contributed by atoms with Crippen LogP contribution in [0, 0.1) is 5.41 Å². The van der Waals surface area contributed by atoms with E-state index in [-0.39, 0.29) is 5.91 Å². The summed E-state index contributed by atoms with van der Waals surface area (Å²) in [5.41, 5.74) is 5.98. The first kappa shape index (κ1) is 15.5. The summed E-state index contributed by atoms with van der Waals surface area (Å²) in [6.45, 7) is 7.53. The summed E-state index contributed by atoms with van der Waals surface area (Å²) in [6.07, 6.45) is 8.53. The minimum absolute atomic E-state index is 0.0676. The molecule has 0 aromatic rings. The molecular weight excluding hydrogens is 224 g/mol. The number of unbranched alkanes of at least 4 members (excludes halogenated alkanes) is 1. The molecule has 0 unspecified atom stereocenters. The van der Waals surface area contributed by atoms with Gasteiger partial charge in [-0.3, -0.25) is 4.79 Å². The van der Waals surface area contributed by atoms with Crippen LogP contribution in [0.3, 0.4) is 0 Å². The molecule has 0 aromatic carbocycles. The van der Waals surface area contributed by atoms with Crippen molar-refractivity contribution in [1.29, 1.82) is 0 Å². The van der Waals surface area contributed by atoms with Crippen molar-refractivity contribution in [3.63, 3.8) is 0 Å². The van der Waals surface area contributed by atoms with Gasteiger partial charge in [0.1, 0.15) is 0 Å². The maximum Gasteiger partial charge on any atom is 0.240 e. The van der Waals surface area contributed by atoms with Gasteiger partial charge in [-0.25, -0.2) is 0 Å². The number of hydrogen-bond acceptors (Lipinski definition) is 2. The Morgan fingerprint density at radius 1 is 1.17 bits per heavy atom. The molecule has 0 radical (unpaired) electrons. The highest BCUT2D eigenvalue weighted by Crippen LogP contribution is 2.26. The van der Waals surface area contributed by atoms with Crippen LogP contribution in [0.5, 0.6) is 0 Å². The molecule has 3 N–H and O–H groups in total. The van der Waals surface area contributed by atoms with E-state index in [0.717, 1.165) is 38.6 Å². The van der Waals surface area contributed by atoms with E-state index in [1.807, 2.05) is 0 Å². The molecule has 1 saturated carbocycles. The van der Waals surface area contributed by atoms with Crippen LogP contribution in [-0.4, -0.2) is 18.0 Å². The summed E-state index contributed by atoms with van der Waals surface area (Å²) in [5, 5.41) is 3.02. The zero-order chi connectivity index (χ0) is 13.6. The van der Waals surface area contributed by atoms with Crippen molar-refractivity contribution in [3.05, 3.63) is 0 Å². The summed E-state index contributed by atoms with van der Waals surface area (Å²) in [5.74, 6) is 0.0676. The number of nitrogens with one attached hydrogen (secondary N) is 1. The number of rotatable bonds is 5. The Bertz CT molecular complexity index is 262. The Labute approximate surface area is 112 Å². The van der Waals surface area contributed by atoms with Crippen LogP contribution in [0.25, 0.3) is 0 Å². The van der Waals surface area contributed by atoms with Gasteiger partial charge in [-0.15, -0.1) is 0 Å². The molecule has 0 aliphatic heterocycles. The number of hydrogen-bond donors (Lipinski definition) is 2. The molecule has 1 aliphatic carbocycles. The quantitative estimate of drug-likeness (QED) is 0.741. The van der Waals surface area contributed by atoms with Crippen molar-refractivity contribution in [2.24, 2.45) is 11.1 Å². The lowest BCUT2D eigenvalue weighted by atomic mass is 9.82. The number of nitrogens with two attached hydrogens (primary N) is 1. The summed E-state index contributed by atoms with van der Waals surface area (Å²) in [7, 11) is 0. The third-order valence-electron chi connectivity index (χ3n) is 3.84. The minimum Gasteiger partial charge on any atom is -0.355 e. The lowest BCUT2D eigenvalue weighted by Crippen LogP contribution is -2.55. The Hall–Kier alpha value is -0.570. The van der Waals surface area contributed by atoms with E-state index >= 15 is 0 Å². The lowest BCUT2D eigenvalue weighted by molar-refractivity contribution is -0.127. The van der Waals surface area contributed by atoms with Gasteiger partial charge in [-0.2, -0.15) is 0 Å². The summed E-state index contributed by atoms with van der Waals surface area (Å²) >= 11 is 0. The monoisotopic (exact) mass is 254 g/mol. The van der Waals surface area contributed by atoms with E-state index in [4.69, 9.17) is 5.73 Å². The molecule has 1 amide bonds. The average molecular weight is 254 g/mol. The van der Waals surface area contributed by atoms with Crippen LogP contribution in [0.15, 0.2) is 0 Å². The zero-order valence-corrected chi connectivity index (χ0v) is 12.3. The van der Waals surface area contributed by atoms with Crippen LogP contribution in [0.1, 0.15) is 72.1 Å². The summed E-state index contributed by atoms with van der Waals surface area (Å²) in [4.78, 5) is 12.0. The molecule has 0 bridgehead atoms. The van der Waals surface area contributed by atoms with Crippen LogP contribution in [0.4, 0.5) is 0 Å². The maximum atomic E-state index is 12.0. The van der Waals surface area contributed by atoms with Gasteiger partial charge in [0.15, 0.2) is 0 Å². The van der Waals surface area contributed by atoms with Crippen LogP contribution in [0.2, 0.25) is 0 Å². The Balaban J connectivity index is 2.17. The smallest absolute Gasteiger partial charge is 0.240 e. The molecule has 0 aromatic heterocycles. The van der Waals surface area contributed by atoms with E-state index < -0.39 is 5.54 Å². The van der Waals surface area contributed by atoms with Gasteiger partial charge < -0.3 is 11.1 Å². The molecule has 1 rings (SSSR count). The lowest BCUT2D eigenvalue weighted by Gasteiger charge is -2.31. The SMILES string of the molecule is CC(C)(C)CCCCNC(=O)C1(N)CCCCC1. The molecule has 3 heteroatoms.